The van der Waals surface area contributed by atoms with E-state index in [0.717, 1.165) is 16.9 Å². The summed E-state index contributed by atoms with van der Waals surface area (Å²) in [6.45, 7) is 3.65. The Labute approximate surface area is 232 Å². The zero-order valence-electron chi connectivity index (χ0n) is 21.4. The molecule has 1 atom stereocenters. The number of amides is 1. The lowest BCUT2D eigenvalue weighted by Crippen LogP contribution is -2.49. The van der Waals surface area contributed by atoms with Crippen LogP contribution in [0.3, 0.4) is 0 Å². The molecular weight excluding hydrogens is 527 g/mol. The van der Waals surface area contributed by atoms with Gasteiger partial charge in [-0.1, -0.05) is 47.5 Å². The Hall–Kier alpha value is -3.10. The largest absolute Gasteiger partial charge is 0.497 e. The van der Waals surface area contributed by atoms with Gasteiger partial charge < -0.3 is 19.1 Å². The highest BCUT2D eigenvalue weighted by Crippen LogP contribution is 2.26. The minimum atomic E-state index is -0.372. The number of rotatable bonds is 9. The molecular formula is C29H30Cl2N2O5. The minimum absolute atomic E-state index is 0.0563. The van der Waals surface area contributed by atoms with Crippen LogP contribution in [-0.2, 0) is 16.1 Å². The van der Waals surface area contributed by atoms with Gasteiger partial charge in [-0.2, -0.15) is 0 Å². The second-order valence-electron chi connectivity index (χ2n) is 8.99. The number of halogens is 2. The molecule has 0 spiro atoms. The Kier molecular flexibility index (Phi) is 9.63. The summed E-state index contributed by atoms with van der Waals surface area (Å²) in [6, 6.07) is 20.0. The number of benzene rings is 3. The maximum Gasteiger partial charge on any atom is 0.337 e. The van der Waals surface area contributed by atoms with Crippen LogP contribution >= 0.6 is 23.2 Å². The van der Waals surface area contributed by atoms with E-state index in [1.165, 1.54) is 7.11 Å². The monoisotopic (exact) mass is 556 g/mol. The molecule has 0 N–H and O–H groups in total. The summed E-state index contributed by atoms with van der Waals surface area (Å²) >= 11 is 12.1. The van der Waals surface area contributed by atoms with E-state index in [0.29, 0.717) is 60.5 Å². The first-order valence-electron chi connectivity index (χ1n) is 12.3. The SMILES string of the molecule is COC(=O)c1ccc(CO[C@@H](CN2CCN(C(=O)c3ccc(Cl)c(Cl)c3)CC2)c2cccc(OC)c2)cc1. The molecule has 1 aliphatic heterocycles. The van der Waals surface area contributed by atoms with Crippen molar-refractivity contribution < 1.29 is 23.8 Å². The summed E-state index contributed by atoms with van der Waals surface area (Å²) in [7, 11) is 3.00. The molecule has 0 aliphatic carbocycles. The lowest BCUT2D eigenvalue weighted by Gasteiger charge is -2.36. The van der Waals surface area contributed by atoms with E-state index in [1.54, 1.807) is 37.4 Å². The molecule has 0 radical (unpaired) electrons. The lowest BCUT2D eigenvalue weighted by molar-refractivity contribution is 0.00331. The molecule has 1 heterocycles. The molecule has 1 fully saturated rings. The first-order valence-corrected chi connectivity index (χ1v) is 13.0. The van der Waals surface area contributed by atoms with Crippen molar-refractivity contribution in [2.24, 2.45) is 0 Å². The molecule has 1 aliphatic rings. The summed E-state index contributed by atoms with van der Waals surface area (Å²) in [5, 5.41) is 0.797. The van der Waals surface area contributed by atoms with E-state index >= 15 is 0 Å². The van der Waals surface area contributed by atoms with Crippen LogP contribution in [0, 0.1) is 0 Å². The number of hydrogen-bond donors (Lipinski definition) is 0. The predicted molar refractivity (Wildman–Crippen MR) is 147 cm³/mol. The number of methoxy groups -OCH3 is 2. The van der Waals surface area contributed by atoms with E-state index < -0.39 is 0 Å². The average molecular weight is 557 g/mol. The number of hydrogen-bond acceptors (Lipinski definition) is 6. The first-order chi connectivity index (χ1) is 18.4. The number of nitrogens with zero attached hydrogens (tertiary/aromatic N) is 2. The third-order valence-corrected chi connectivity index (χ3v) is 7.28. The zero-order chi connectivity index (χ0) is 27.1. The maximum atomic E-state index is 13.0. The van der Waals surface area contributed by atoms with Gasteiger partial charge in [0.2, 0.25) is 0 Å². The van der Waals surface area contributed by atoms with E-state index in [9.17, 15) is 9.59 Å². The normalized spacial score (nSPS) is 14.7. The third-order valence-electron chi connectivity index (χ3n) is 6.54. The maximum absolute atomic E-state index is 13.0. The summed E-state index contributed by atoms with van der Waals surface area (Å²) in [5.74, 6) is 0.332. The Bertz CT molecular complexity index is 1260. The van der Waals surface area contributed by atoms with Crippen LogP contribution in [0.2, 0.25) is 10.0 Å². The molecule has 0 aromatic heterocycles. The minimum Gasteiger partial charge on any atom is -0.497 e. The molecule has 38 heavy (non-hydrogen) atoms. The molecule has 200 valence electrons. The van der Waals surface area contributed by atoms with Crippen LogP contribution in [0.15, 0.2) is 66.7 Å². The average Bonchev–Trinajstić information content (AvgIpc) is 2.96. The van der Waals surface area contributed by atoms with Gasteiger partial charge in [0.25, 0.3) is 5.91 Å². The van der Waals surface area contributed by atoms with Crippen LogP contribution in [0.25, 0.3) is 0 Å². The van der Waals surface area contributed by atoms with Gasteiger partial charge in [0, 0.05) is 38.3 Å². The fraction of sp³-hybridized carbons (Fsp3) is 0.310. The second kappa shape index (κ2) is 13.1. The molecule has 3 aromatic carbocycles. The number of carbonyl (C=O) groups excluding carboxylic acids is 2. The van der Waals surface area contributed by atoms with Crippen LogP contribution in [0.5, 0.6) is 5.75 Å². The molecule has 7 nitrogen and oxygen atoms in total. The van der Waals surface area contributed by atoms with Crippen LogP contribution in [-0.4, -0.2) is 68.6 Å². The smallest absolute Gasteiger partial charge is 0.337 e. The number of carbonyl (C=O) groups is 2. The van der Waals surface area contributed by atoms with Gasteiger partial charge in [-0.15, -0.1) is 0 Å². The van der Waals surface area contributed by atoms with Crippen LogP contribution in [0.1, 0.15) is 37.9 Å². The highest BCUT2D eigenvalue weighted by atomic mass is 35.5. The van der Waals surface area contributed by atoms with Crippen LogP contribution in [0.4, 0.5) is 0 Å². The molecule has 1 saturated heterocycles. The Morgan fingerprint density at radius 2 is 1.58 bits per heavy atom. The highest BCUT2D eigenvalue weighted by Gasteiger charge is 2.25. The Morgan fingerprint density at radius 1 is 0.868 bits per heavy atom. The quantitative estimate of drug-likeness (QED) is 0.324. The fourth-order valence-corrected chi connectivity index (χ4v) is 4.63. The summed E-state index contributed by atoms with van der Waals surface area (Å²) in [4.78, 5) is 28.8. The van der Waals surface area contributed by atoms with Crippen LogP contribution < -0.4 is 4.74 Å². The molecule has 4 rings (SSSR count). The van der Waals surface area contributed by atoms with Gasteiger partial charge in [0.1, 0.15) is 5.75 Å². The predicted octanol–water partition coefficient (Wildman–Crippen LogP) is 5.50. The van der Waals surface area contributed by atoms with Gasteiger partial charge in [-0.3, -0.25) is 9.69 Å². The van der Waals surface area contributed by atoms with E-state index in [4.69, 9.17) is 37.4 Å². The zero-order valence-corrected chi connectivity index (χ0v) is 22.9. The van der Waals surface area contributed by atoms with Crippen molar-refractivity contribution in [3.8, 4) is 5.75 Å². The van der Waals surface area contributed by atoms with Gasteiger partial charge in [0.05, 0.1) is 42.5 Å². The van der Waals surface area contributed by atoms with Crippen molar-refractivity contribution >= 4 is 35.1 Å². The molecule has 0 unspecified atom stereocenters. The van der Waals surface area contributed by atoms with E-state index in [2.05, 4.69) is 4.90 Å². The second-order valence-corrected chi connectivity index (χ2v) is 9.80. The topological polar surface area (TPSA) is 68.3 Å². The van der Waals surface area contributed by atoms with E-state index in [-0.39, 0.29) is 18.0 Å². The fourth-order valence-electron chi connectivity index (χ4n) is 4.33. The van der Waals surface area contributed by atoms with Gasteiger partial charge >= 0.3 is 5.97 Å². The molecule has 0 saturated carbocycles. The van der Waals surface area contributed by atoms with Gasteiger partial charge in [0.15, 0.2) is 0 Å². The Balaban J connectivity index is 1.40. The number of piperazine rings is 1. The van der Waals surface area contributed by atoms with Crippen molar-refractivity contribution in [3.63, 3.8) is 0 Å². The van der Waals surface area contributed by atoms with Crippen molar-refractivity contribution in [2.45, 2.75) is 12.7 Å². The first kappa shape index (κ1) is 27.9. The van der Waals surface area contributed by atoms with Crippen molar-refractivity contribution in [1.29, 1.82) is 0 Å². The standard InChI is InChI=1S/C29H30Cl2N2O5/c1-36-24-5-3-4-22(16-24)27(38-19-20-6-8-21(9-7-20)29(35)37-2)18-32-12-14-33(15-13-32)28(34)23-10-11-25(30)26(31)17-23/h3-11,16-17,27H,12-15,18-19H2,1-2H3/t27-/m0/s1. The summed E-state index contributed by atoms with van der Waals surface area (Å²) < 4.78 is 16.6. The molecule has 0 bridgehead atoms. The molecule has 1 amide bonds. The Morgan fingerprint density at radius 3 is 2.24 bits per heavy atom. The van der Waals surface area contributed by atoms with Gasteiger partial charge in [-0.25, -0.2) is 4.79 Å². The van der Waals surface area contributed by atoms with E-state index in [1.807, 2.05) is 41.3 Å². The lowest BCUT2D eigenvalue weighted by atomic mass is 10.1. The summed E-state index contributed by atoms with van der Waals surface area (Å²) in [6.07, 6.45) is -0.220. The van der Waals surface area contributed by atoms with Crippen molar-refractivity contribution in [3.05, 3.63) is 99.0 Å². The highest BCUT2D eigenvalue weighted by molar-refractivity contribution is 6.42. The molecule has 9 heteroatoms. The number of esters is 1. The molecule has 3 aromatic rings. The number of ether oxygens (including phenoxy) is 3. The van der Waals surface area contributed by atoms with Gasteiger partial charge in [-0.05, 0) is 53.6 Å². The van der Waals surface area contributed by atoms with Crippen molar-refractivity contribution in [1.82, 2.24) is 9.80 Å². The van der Waals surface area contributed by atoms with Crippen molar-refractivity contribution in [2.75, 3.05) is 46.9 Å². The third kappa shape index (κ3) is 7.05. The summed E-state index contributed by atoms with van der Waals surface area (Å²) in [5.41, 5.74) is 2.98.